The zero-order valence-electron chi connectivity index (χ0n) is 21.4. The lowest BCUT2D eigenvalue weighted by Gasteiger charge is -2.19. The molecule has 0 aliphatic rings. The van der Waals surface area contributed by atoms with Gasteiger partial charge in [0.15, 0.2) is 0 Å². The summed E-state index contributed by atoms with van der Waals surface area (Å²) in [5, 5.41) is 24.4. The average molecular weight is 671 g/mol. The summed E-state index contributed by atoms with van der Waals surface area (Å²) in [4.78, 5) is 15.1. The zero-order chi connectivity index (χ0) is 29.4. The summed E-state index contributed by atoms with van der Waals surface area (Å²) in [6.07, 6.45) is 9.77. The van der Waals surface area contributed by atoms with Crippen molar-refractivity contribution in [2.24, 2.45) is 0 Å². The summed E-state index contributed by atoms with van der Waals surface area (Å²) < 4.78 is 0.841. The maximum atomic E-state index is 10.8. The highest BCUT2D eigenvalue weighted by atomic mass is 79.9. The van der Waals surface area contributed by atoms with Crippen molar-refractivity contribution in [2.45, 2.75) is 0 Å². The Balaban J connectivity index is 1.84. The van der Waals surface area contributed by atoms with E-state index in [-0.39, 0.29) is 11.1 Å². The van der Waals surface area contributed by atoms with Crippen LogP contribution < -0.4 is 0 Å². The second-order valence-electron chi connectivity index (χ2n) is 9.22. The SMILES string of the molecule is N#C/C(=C(/C(=C(/C#N)c1c[nH]c2ccc(Br)cc12)c1cnccc1Cl)c1cnccc1Cl)c1c[nH]c2ccc(Cl)cc12. The number of aromatic amines is 2. The van der Waals surface area contributed by atoms with Crippen molar-refractivity contribution in [3.8, 4) is 12.1 Å². The van der Waals surface area contributed by atoms with E-state index < -0.39 is 0 Å². The van der Waals surface area contributed by atoms with Crippen molar-refractivity contribution in [2.75, 3.05) is 0 Å². The van der Waals surface area contributed by atoms with E-state index in [2.05, 4.69) is 48.0 Å². The van der Waals surface area contributed by atoms with Crippen LogP contribution in [0.4, 0.5) is 0 Å². The number of nitriles is 2. The Labute approximate surface area is 263 Å². The van der Waals surface area contributed by atoms with Gasteiger partial charge < -0.3 is 9.97 Å². The van der Waals surface area contributed by atoms with Crippen LogP contribution in [0.1, 0.15) is 22.3 Å². The molecule has 0 saturated carbocycles. The van der Waals surface area contributed by atoms with Gasteiger partial charge >= 0.3 is 0 Å². The highest BCUT2D eigenvalue weighted by molar-refractivity contribution is 9.10. The van der Waals surface area contributed by atoms with Crippen LogP contribution >= 0.6 is 50.7 Å². The smallest absolute Gasteiger partial charge is 0.101 e. The molecule has 0 fully saturated rings. The molecule has 0 atom stereocenters. The molecular weight excluding hydrogens is 655 g/mol. The molecule has 0 aliphatic carbocycles. The molecule has 0 amide bonds. The third-order valence-corrected chi connectivity index (χ3v) is 8.26. The van der Waals surface area contributed by atoms with E-state index in [1.54, 1.807) is 61.4 Å². The van der Waals surface area contributed by atoms with Gasteiger partial charge in [0, 0.05) is 102 Å². The van der Waals surface area contributed by atoms with Crippen LogP contribution in [0.5, 0.6) is 0 Å². The van der Waals surface area contributed by atoms with E-state index in [0.717, 1.165) is 26.3 Å². The third-order valence-electron chi connectivity index (χ3n) is 6.87. The van der Waals surface area contributed by atoms with Gasteiger partial charge in [-0.2, -0.15) is 10.5 Å². The fraction of sp³-hybridized carbons (Fsp3) is 0. The maximum Gasteiger partial charge on any atom is 0.101 e. The minimum absolute atomic E-state index is 0.238. The van der Waals surface area contributed by atoms with Crippen LogP contribution in [0.25, 0.3) is 44.1 Å². The molecule has 0 unspecified atom stereocenters. The minimum Gasteiger partial charge on any atom is -0.361 e. The first-order valence-corrected chi connectivity index (χ1v) is 14.4. The molecule has 0 spiro atoms. The summed E-state index contributed by atoms with van der Waals surface area (Å²) in [6, 6.07) is 19.2. The molecule has 2 N–H and O–H groups in total. The molecule has 0 saturated heterocycles. The van der Waals surface area contributed by atoms with Gasteiger partial charge in [0.2, 0.25) is 0 Å². The lowest BCUT2D eigenvalue weighted by molar-refractivity contribution is 1.30. The molecule has 0 bridgehead atoms. The Kier molecular flexibility index (Phi) is 7.60. The number of nitrogens with zero attached hydrogens (tertiary/aromatic N) is 4. The van der Waals surface area contributed by atoms with Crippen LogP contribution in [-0.2, 0) is 0 Å². The highest BCUT2D eigenvalue weighted by Gasteiger charge is 2.28. The molecule has 2 aromatic carbocycles. The van der Waals surface area contributed by atoms with Crippen molar-refractivity contribution in [1.29, 1.82) is 10.5 Å². The Morgan fingerprint density at radius 3 is 1.67 bits per heavy atom. The van der Waals surface area contributed by atoms with Crippen molar-refractivity contribution in [3.05, 3.63) is 128 Å². The summed E-state index contributed by atoms with van der Waals surface area (Å²) >= 11 is 23.5. The predicted molar refractivity (Wildman–Crippen MR) is 173 cm³/mol. The van der Waals surface area contributed by atoms with Gasteiger partial charge in [0.05, 0.1) is 21.2 Å². The molecule has 42 heavy (non-hydrogen) atoms. The molecule has 0 aliphatic heterocycles. The number of hydrogen-bond donors (Lipinski definition) is 2. The Morgan fingerprint density at radius 1 is 0.667 bits per heavy atom. The standard InChI is InChI=1S/C32H16BrCl3N6/c33-17-1-3-29-19(9-17)23(15-41-29)21(11-37)31(25-13-39-7-5-27(25)35)32(26-14-40-8-6-28(26)36)22(12-38)24-16-42-30-4-2-18(34)10-20(24)30/h1-10,13-16,41-42H/b31-21-,32-22-. The average Bonchev–Trinajstić information content (AvgIpc) is 3.60. The Morgan fingerprint density at radius 2 is 1.17 bits per heavy atom. The van der Waals surface area contributed by atoms with E-state index in [1.165, 1.54) is 0 Å². The monoisotopic (exact) mass is 668 g/mol. The highest BCUT2D eigenvalue weighted by Crippen LogP contribution is 2.47. The number of nitrogens with one attached hydrogen (secondary N) is 2. The molecule has 0 radical (unpaired) electrons. The van der Waals surface area contributed by atoms with Gasteiger partial charge in [-0.25, -0.2) is 0 Å². The van der Waals surface area contributed by atoms with Crippen LogP contribution in [0.15, 0.2) is 90.2 Å². The number of benzene rings is 2. The minimum atomic E-state index is 0.238. The van der Waals surface area contributed by atoms with Gasteiger partial charge in [-0.3, -0.25) is 9.97 Å². The fourth-order valence-corrected chi connectivity index (χ4v) is 5.94. The number of pyridine rings is 2. The molecule has 202 valence electrons. The molecular formula is C32H16BrCl3N6. The quantitative estimate of drug-likeness (QED) is 0.141. The van der Waals surface area contributed by atoms with Gasteiger partial charge in [0.25, 0.3) is 0 Å². The van der Waals surface area contributed by atoms with Crippen LogP contribution in [0.2, 0.25) is 15.1 Å². The molecule has 6 nitrogen and oxygen atoms in total. The summed E-state index contributed by atoms with van der Waals surface area (Å²) in [6.45, 7) is 0. The summed E-state index contributed by atoms with van der Waals surface area (Å²) in [5.41, 5.74) is 4.92. The van der Waals surface area contributed by atoms with E-state index in [1.807, 2.05) is 24.3 Å². The largest absolute Gasteiger partial charge is 0.361 e. The number of aromatic nitrogens is 4. The number of hydrogen-bond acceptors (Lipinski definition) is 4. The van der Waals surface area contributed by atoms with Crippen molar-refractivity contribution >= 4 is 94.8 Å². The first-order valence-electron chi connectivity index (χ1n) is 12.4. The normalized spacial score (nSPS) is 12.5. The summed E-state index contributed by atoms with van der Waals surface area (Å²) in [7, 11) is 0. The lowest BCUT2D eigenvalue weighted by atomic mass is 9.83. The van der Waals surface area contributed by atoms with Gasteiger partial charge in [-0.05, 0) is 48.5 Å². The molecule has 4 heterocycles. The van der Waals surface area contributed by atoms with E-state index in [9.17, 15) is 10.5 Å². The number of halogens is 4. The second-order valence-corrected chi connectivity index (χ2v) is 11.4. The van der Waals surface area contributed by atoms with Crippen molar-refractivity contribution in [3.63, 3.8) is 0 Å². The lowest BCUT2D eigenvalue weighted by Crippen LogP contribution is -2.01. The van der Waals surface area contributed by atoms with E-state index >= 15 is 0 Å². The second kappa shape index (κ2) is 11.5. The Hall–Kier alpha value is -4.37. The Bertz CT molecular complexity index is 2020. The summed E-state index contributed by atoms with van der Waals surface area (Å²) in [5.74, 6) is 0. The van der Waals surface area contributed by atoms with Gasteiger partial charge in [0.1, 0.15) is 12.1 Å². The third kappa shape index (κ3) is 4.87. The molecule has 4 aromatic heterocycles. The number of fused-ring (bicyclic) bond motifs is 2. The molecule has 10 heteroatoms. The number of rotatable bonds is 5. The first kappa shape index (κ1) is 27.8. The number of H-pyrrole nitrogens is 2. The molecule has 6 aromatic rings. The van der Waals surface area contributed by atoms with Crippen LogP contribution in [0, 0.1) is 22.7 Å². The van der Waals surface area contributed by atoms with E-state index in [0.29, 0.717) is 48.5 Å². The zero-order valence-corrected chi connectivity index (χ0v) is 25.2. The van der Waals surface area contributed by atoms with Crippen LogP contribution in [0.3, 0.4) is 0 Å². The maximum absolute atomic E-state index is 10.8. The van der Waals surface area contributed by atoms with Gasteiger partial charge in [-0.1, -0.05) is 50.7 Å². The van der Waals surface area contributed by atoms with Gasteiger partial charge in [-0.15, -0.1) is 0 Å². The first-order chi connectivity index (χ1) is 20.4. The topological polar surface area (TPSA) is 105 Å². The van der Waals surface area contributed by atoms with Crippen molar-refractivity contribution < 1.29 is 0 Å². The number of allylic oxidation sites excluding steroid dienone is 4. The molecule has 6 rings (SSSR count). The predicted octanol–water partition coefficient (Wildman–Crippen LogP) is 9.73. The van der Waals surface area contributed by atoms with Crippen molar-refractivity contribution in [1.82, 2.24) is 19.9 Å². The van der Waals surface area contributed by atoms with E-state index in [4.69, 9.17) is 34.8 Å². The van der Waals surface area contributed by atoms with Crippen LogP contribution in [-0.4, -0.2) is 19.9 Å². The fourth-order valence-electron chi connectivity index (χ4n) is 5.01.